The van der Waals surface area contributed by atoms with Crippen molar-refractivity contribution in [3.05, 3.63) is 460 Å². The van der Waals surface area contributed by atoms with Crippen LogP contribution in [-0.2, 0) is 0 Å². The summed E-state index contributed by atoms with van der Waals surface area (Å²) >= 11 is 5.61. The van der Waals surface area contributed by atoms with E-state index in [0.717, 1.165) is 105 Å². The fourth-order valence-electron chi connectivity index (χ4n) is 23.3. The van der Waals surface area contributed by atoms with Crippen molar-refractivity contribution < 1.29 is 0 Å². The fraction of sp³-hybridized carbons (Fsp3) is 0.00794. The van der Waals surface area contributed by atoms with Gasteiger partial charge in [-0.2, -0.15) is 0 Å². The molecule has 626 valence electrons. The molecule has 0 unspecified atom stereocenters. The lowest BCUT2D eigenvalue weighted by atomic mass is 9.88. The number of pyridine rings is 1. The highest BCUT2D eigenvalue weighted by atomic mass is 32.1. The highest BCUT2D eigenvalue weighted by molar-refractivity contribution is 7.27. The monoisotopic (exact) mass is 1770 g/mol. The van der Waals surface area contributed by atoms with E-state index in [0.29, 0.717) is 0 Å². The molecule has 0 aliphatic heterocycles. The second-order valence-corrected chi connectivity index (χ2v) is 39.4. The zero-order valence-corrected chi connectivity index (χ0v) is 75.1. The maximum Gasteiger partial charge on any atom is 0.155 e. The molecule has 1 aliphatic rings. The van der Waals surface area contributed by atoms with Gasteiger partial charge in [-0.1, -0.05) is 267 Å². The predicted molar refractivity (Wildman–Crippen MR) is 575 cm³/mol. The van der Waals surface area contributed by atoms with Gasteiger partial charge in [0.05, 0.1) is 70.3 Å². The number of nitrogens with zero attached hydrogens (tertiary/aromatic N) is 6. The summed E-state index contributed by atoms with van der Waals surface area (Å²) < 4.78 is 19.7. The standard InChI is InChI=1S/C126H74N6S3/c1-2-28-83(29-3-1)128-109-45-18-12-36-92(109)100-66-75(52-57-113(100)128)76-53-58-115-102(67-76)103-68-77(54-59-116(103)131(115)117-49-25-42-98-94-38-14-22-50-118(94)134-124(98)117)81-70-99(123-104(71-81)95-39-15-23-51-119(95)133-123)78-27-24-26-74(62-78)80-63-82(65-85(64-80)130-110-46-19-13-37-93(110)101-69-79(55-60-114(101)130)121-96-40-6-4-30-86(96)87-31-5-7-41-97(87)121)106-73-127-126(132-111-47-20-10-34-90(111)91-35-11-21-48-112(91)132)125-122(106)105-72-84(56-61-120(105)135-125)129-107-43-16-8-32-88(107)89-33-9-17-44-108(89)129/h1-73,121H. The molecule has 29 aromatic rings. The first-order valence-corrected chi connectivity index (χ1v) is 48.7. The Hall–Kier alpha value is -16.8. The SMILES string of the molecule is c1ccc(-n2c3ccccc3c3cc(-c4ccc5c(c4)c4cc(-c6cc(-c7cccc(-c8cc(-c9cnc(-n%10c%11ccccc%11c%11ccccc%11%10)c%10sc%11ccc(-n%12c%13ccccc%13c%13ccccc%13%12)cc%11c9%10)cc(-n9c%10ccccc%10c%10cc(C%11c%12ccccc%12-c%12ccccc%12%11)ccc%109)c8)c7)c7sc8ccccc8c7c6)ccc4n5-c4cccc5c4sc4ccccc45)ccc32)cc1. The van der Waals surface area contributed by atoms with Crippen LogP contribution in [0.15, 0.2) is 443 Å². The summed E-state index contributed by atoms with van der Waals surface area (Å²) in [5, 5.41) is 19.5. The lowest BCUT2D eigenvalue weighted by Gasteiger charge is -2.17. The van der Waals surface area contributed by atoms with E-state index in [1.54, 1.807) is 0 Å². The zero-order chi connectivity index (χ0) is 87.9. The largest absolute Gasteiger partial charge is 0.309 e. The highest BCUT2D eigenvalue weighted by Crippen LogP contribution is 2.54. The minimum atomic E-state index is 0.0809. The molecule has 30 rings (SSSR count). The number of rotatable bonds is 11. The summed E-state index contributed by atoms with van der Waals surface area (Å²) in [5.41, 5.74) is 33.9. The van der Waals surface area contributed by atoms with Gasteiger partial charge in [0.15, 0.2) is 5.82 Å². The molecule has 0 saturated heterocycles. The molecule has 0 bridgehead atoms. The molecule has 0 spiro atoms. The molecule has 9 heterocycles. The first-order valence-electron chi connectivity index (χ1n) is 46.3. The predicted octanol–water partition coefficient (Wildman–Crippen LogP) is 35.2. The van der Waals surface area contributed by atoms with Gasteiger partial charge >= 0.3 is 0 Å². The number of thiophene rings is 3. The number of hydrogen-bond acceptors (Lipinski definition) is 4. The van der Waals surface area contributed by atoms with E-state index >= 15 is 0 Å². The van der Waals surface area contributed by atoms with Crippen molar-refractivity contribution in [1.29, 1.82) is 0 Å². The maximum absolute atomic E-state index is 5.85. The first kappa shape index (κ1) is 74.9. The van der Waals surface area contributed by atoms with Crippen LogP contribution in [0.3, 0.4) is 0 Å². The Bertz CT molecular complexity index is 10000. The number of para-hydroxylation sites is 7. The zero-order valence-electron chi connectivity index (χ0n) is 72.6. The van der Waals surface area contributed by atoms with Crippen LogP contribution in [0.5, 0.6) is 0 Å². The van der Waals surface area contributed by atoms with E-state index < -0.39 is 0 Å². The van der Waals surface area contributed by atoms with E-state index in [1.165, 1.54) is 177 Å². The van der Waals surface area contributed by atoms with Crippen molar-refractivity contribution >= 4 is 204 Å². The molecule has 0 amide bonds. The maximum atomic E-state index is 5.85. The Kier molecular flexibility index (Phi) is 16.0. The third-order valence-corrected chi connectivity index (χ3v) is 32.8. The summed E-state index contributed by atoms with van der Waals surface area (Å²) in [4.78, 5) is 5.85. The van der Waals surface area contributed by atoms with Crippen LogP contribution < -0.4 is 0 Å². The topological polar surface area (TPSA) is 37.5 Å². The van der Waals surface area contributed by atoms with Crippen molar-refractivity contribution in [2.75, 3.05) is 0 Å². The second-order valence-electron chi connectivity index (χ2n) is 36.3. The molecule has 135 heavy (non-hydrogen) atoms. The lowest BCUT2D eigenvalue weighted by Crippen LogP contribution is -2.00. The summed E-state index contributed by atoms with van der Waals surface area (Å²) in [5.74, 6) is 0.989. The Morgan fingerprint density at radius 3 is 1.21 bits per heavy atom. The molecule has 0 radical (unpaired) electrons. The van der Waals surface area contributed by atoms with Crippen molar-refractivity contribution in [3.63, 3.8) is 0 Å². The van der Waals surface area contributed by atoms with E-state index in [1.807, 2.05) is 34.0 Å². The third kappa shape index (κ3) is 11.1. The van der Waals surface area contributed by atoms with Gasteiger partial charge in [-0.3, -0.25) is 4.57 Å². The van der Waals surface area contributed by atoms with E-state index in [-0.39, 0.29) is 5.92 Å². The highest BCUT2D eigenvalue weighted by Gasteiger charge is 2.32. The molecule has 0 fully saturated rings. The average molecular weight is 1770 g/mol. The summed E-state index contributed by atoms with van der Waals surface area (Å²) in [7, 11) is 0. The Balaban J connectivity index is 0.636. The molecule has 9 heteroatoms. The van der Waals surface area contributed by atoms with Crippen LogP contribution in [0.25, 0.3) is 265 Å². The first-order chi connectivity index (χ1) is 66.9. The van der Waals surface area contributed by atoms with Crippen LogP contribution in [0.2, 0.25) is 0 Å². The van der Waals surface area contributed by atoms with Gasteiger partial charge in [-0.05, 0) is 242 Å². The van der Waals surface area contributed by atoms with Crippen LogP contribution in [0.4, 0.5) is 0 Å². The molecule has 1 aliphatic carbocycles. The van der Waals surface area contributed by atoms with Gasteiger partial charge in [0.2, 0.25) is 0 Å². The minimum absolute atomic E-state index is 0.0809. The Labute approximate surface area is 786 Å². The van der Waals surface area contributed by atoms with Crippen molar-refractivity contribution in [2.24, 2.45) is 0 Å². The van der Waals surface area contributed by atoms with E-state index in [2.05, 4.69) is 466 Å². The van der Waals surface area contributed by atoms with Gasteiger partial charge in [0.25, 0.3) is 0 Å². The third-order valence-electron chi connectivity index (χ3n) is 29.2. The van der Waals surface area contributed by atoms with Crippen LogP contribution in [0, 0.1) is 0 Å². The molecule has 20 aromatic carbocycles. The van der Waals surface area contributed by atoms with Crippen LogP contribution in [-0.4, -0.2) is 27.8 Å². The molecule has 6 nitrogen and oxygen atoms in total. The molecular weight excluding hydrogens is 1690 g/mol. The van der Waals surface area contributed by atoms with Gasteiger partial charge in [-0.25, -0.2) is 4.98 Å². The average Bonchev–Trinajstić information content (AvgIpc) is 1.57. The quantitative estimate of drug-likeness (QED) is 0.127. The summed E-state index contributed by atoms with van der Waals surface area (Å²) in [6.07, 6.45) is 2.20. The molecule has 0 atom stereocenters. The summed E-state index contributed by atoms with van der Waals surface area (Å²) in [6, 6.07) is 165. The van der Waals surface area contributed by atoms with E-state index in [4.69, 9.17) is 4.98 Å². The van der Waals surface area contributed by atoms with Gasteiger partial charge in [-0.15, -0.1) is 34.0 Å². The van der Waals surface area contributed by atoms with Gasteiger partial charge < -0.3 is 18.3 Å². The van der Waals surface area contributed by atoms with Crippen molar-refractivity contribution in [3.8, 4) is 95.3 Å². The molecule has 0 N–H and O–H groups in total. The van der Waals surface area contributed by atoms with Gasteiger partial charge in [0, 0.05) is 145 Å². The molecule has 0 saturated carbocycles. The Morgan fingerprint density at radius 1 is 0.193 bits per heavy atom. The second kappa shape index (κ2) is 28.9. The number of hydrogen-bond donors (Lipinski definition) is 0. The Morgan fingerprint density at radius 2 is 0.600 bits per heavy atom. The van der Waals surface area contributed by atoms with Crippen molar-refractivity contribution in [1.82, 2.24) is 27.8 Å². The number of fused-ring (bicyclic) bond motifs is 27. The minimum Gasteiger partial charge on any atom is -0.309 e. The fourth-order valence-corrected chi connectivity index (χ4v) is 26.9. The van der Waals surface area contributed by atoms with Crippen LogP contribution >= 0.6 is 34.0 Å². The molecular formula is C126H74N6S3. The number of benzene rings is 20. The smallest absolute Gasteiger partial charge is 0.155 e. The van der Waals surface area contributed by atoms with E-state index in [9.17, 15) is 0 Å². The van der Waals surface area contributed by atoms with Crippen LogP contribution in [0.1, 0.15) is 22.6 Å². The molecule has 9 aromatic heterocycles. The van der Waals surface area contributed by atoms with Gasteiger partial charge in [0.1, 0.15) is 0 Å². The van der Waals surface area contributed by atoms with Crippen molar-refractivity contribution in [2.45, 2.75) is 5.92 Å². The normalized spacial score (nSPS) is 12.6. The lowest BCUT2D eigenvalue weighted by molar-refractivity contribution is 1.02. The summed E-state index contributed by atoms with van der Waals surface area (Å²) in [6.45, 7) is 0. The number of aromatic nitrogens is 6.